The van der Waals surface area contributed by atoms with Gasteiger partial charge in [0.1, 0.15) is 11.9 Å². The molecule has 1 aromatic rings. The Morgan fingerprint density at radius 2 is 1.89 bits per heavy atom. The van der Waals surface area contributed by atoms with Gasteiger partial charge in [0.15, 0.2) is 0 Å². The van der Waals surface area contributed by atoms with E-state index in [1.54, 1.807) is 12.1 Å². The average Bonchev–Trinajstić information content (AvgIpc) is 2.43. The van der Waals surface area contributed by atoms with Crippen LogP contribution in [-0.4, -0.2) is 42.5 Å². The van der Waals surface area contributed by atoms with Crippen molar-refractivity contribution in [1.82, 2.24) is 9.80 Å². The largest absolute Gasteiger partial charge is 0.301 e. The fourth-order valence-corrected chi connectivity index (χ4v) is 2.52. The van der Waals surface area contributed by atoms with E-state index in [0.717, 1.165) is 32.7 Å². The second kappa shape index (κ2) is 6.65. The molecule has 0 amide bonds. The van der Waals surface area contributed by atoms with Crippen molar-refractivity contribution < 1.29 is 4.39 Å². The third-order valence-electron chi connectivity index (χ3n) is 3.60. The zero-order chi connectivity index (χ0) is 13.7. The van der Waals surface area contributed by atoms with E-state index in [1.807, 2.05) is 6.07 Å². The molecule has 3 nitrogen and oxygen atoms in total. The van der Waals surface area contributed by atoms with Crippen molar-refractivity contribution >= 4 is 0 Å². The van der Waals surface area contributed by atoms with Crippen LogP contribution >= 0.6 is 0 Å². The number of rotatable bonds is 4. The number of hydrogen-bond acceptors (Lipinski definition) is 3. The standard InChI is InChI=1S/C15H20FN3/c1-2-6-18-7-9-19(10-8-18)12-14-5-3-4-13(11-17)15(14)16/h3-5H,2,6-10,12H2,1H3. The monoisotopic (exact) mass is 261 g/mol. The summed E-state index contributed by atoms with van der Waals surface area (Å²) in [5.41, 5.74) is 0.769. The average molecular weight is 261 g/mol. The first-order valence-electron chi connectivity index (χ1n) is 6.86. The molecule has 4 heteroatoms. The lowest BCUT2D eigenvalue weighted by atomic mass is 10.1. The summed E-state index contributed by atoms with van der Waals surface area (Å²) in [6.45, 7) is 7.97. The van der Waals surface area contributed by atoms with Gasteiger partial charge in [0.2, 0.25) is 0 Å². The van der Waals surface area contributed by atoms with Crippen molar-refractivity contribution in [3.8, 4) is 6.07 Å². The SMILES string of the molecule is CCCN1CCN(Cc2cccc(C#N)c2F)CC1. The number of nitrogens with zero attached hydrogens (tertiary/aromatic N) is 3. The molecule has 102 valence electrons. The minimum absolute atomic E-state index is 0.141. The van der Waals surface area contributed by atoms with Crippen LogP contribution in [0.15, 0.2) is 18.2 Å². The molecule has 0 aliphatic carbocycles. The Kier molecular flexibility index (Phi) is 4.89. The van der Waals surface area contributed by atoms with Crippen LogP contribution in [0.3, 0.4) is 0 Å². The second-order valence-corrected chi connectivity index (χ2v) is 5.01. The van der Waals surface area contributed by atoms with E-state index in [2.05, 4.69) is 16.7 Å². The van der Waals surface area contributed by atoms with Gasteiger partial charge in [-0.3, -0.25) is 4.90 Å². The third kappa shape index (κ3) is 3.52. The Hall–Kier alpha value is -1.44. The van der Waals surface area contributed by atoms with Gasteiger partial charge in [0.25, 0.3) is 0 Å². The normalized spacial score (nSPS) is 17.3. The molecular formula is C15H20FN3. The van der Waals surface area contributed by atoms with Crippen molar-refractivity contribution in [2.24, 2.45) is 0 Å². The van der Waals surface area contributed by atoms with Crippen LogP contribution in [0.2, 0.25) is 0 Å². The Morgan fingerprint density at radius 1 is 1.21 bits per heavy atom. The minimum Gasteiger partial charge on any atom is -0.301 e. The zero-order valence-electron chi connectivity index (χ0n) is 11.4. The van der Waals surface area contributed by atoms with Crippen molar-refractivity contribution in [2.75, 3.05) is 32.7 Å². The summed E-state index contributed by atoms with van der Waals surface area (Å²) in [5.74, 6) is -0.360. The highest BCUT2D eigenvalue weighted by Gasteiger charge is 2.18. The molecule has 1 saturated heterocycles. The lowest BCUT2D eigenvalue weighted by Crippen LogP contribution is -2.46. The summed E-state index contributed by atoms with van der Waals surface area (Å²) >= 11 is 0. The number of piperazine rings is 1. The maximum Gasteiger partial charge on any atom is 0.145 e. The van der Waals surface area contributed by atoms with Gasteiger partial charge in [-0.05, 0) is 19.0 Å². The molecule has 0 unspecified atom stereocenters. The smallest absolute Gasteiger partial charge is 0.145 e. The van der Waals surface area contributed by atoms with Crippen LogP contribution in [-0.2, 0) is 6.54 Å². The van der Waals surface area contributed by atoms with Crippen LogP contribution in [0, 0.1) is 17.1 Å². The van der Waals surface area contributed by atoms with Gasteiger partial charge in [0, 0.05) is 38.3 Å². The predicted molar refractivity (Wildman–Crippen MR) is 73.1 cm³/mol. The van der Waals surface area contributed by atoms with E-state index in [4.69, 9.17) is 5.26 Å². The van der Waals surface area contributed by atoms with Gasteiger partial charge in [-0.15, -0.1) is 0 Å². The van der Waals surface area contributed by atoms with Crippen molar-refractivity contribution in [3.63, 3.8) is 0 Å². The minimum atomic E-state index is -0.360. The van der Waals surface area contributed by atoms with E-state index in [-0.39, 0.29) is 11.4 Å². The maximum absolute atomic E-state index is 14.0. The number of benzene rings is 1. The molecule has 0 N–H and O–H groups in total. The third-order valence-corrected chi connectivity index (χ3v) is 3.60. The highest BCUT2D eigenvalue weighted by Crippen LogP contribution is 2.15. The van der Waals surface area contributed by atoms with Crippen LogP contribution in [0.5, 0.6) is 0 Å². The molecular weight excluding hydrogens is 241 g/mol. The predicted octanol–water partition coefficient (Wildman–Crippen LogP) is 2.22. The molecule has 0 radical (unpaired) electrons. The molecule has 1 aliphatic rings. The van der Waals surface area contributed by atoms with Crippen LogP contribution < -0.4 is 0 Å². The highest BCUT2D eigenvalue weighted by molar-refractivity contribution is 5.34. The van der Waals surface area contributed by atoms with E-state index < -0.39 is 0 Å². The molecule has 0 saturated carbocycles. The molecule has 2 rings (SSSR count). The summed E-state index contributed by atoms with van der Waals surface area (Å²) in [7, 11) is 0. The number of nitriles is 1. The Balaban J connectivity index is 1.94. The van der Waals surface area contributed by atoms with E-state index >= 15 is 0 Å². The molecule has 1 aliphatic heterocycles. The topological polar surface area (TPSA) is 30.3 Å². The molecule has 0 bridgehead atoms. The quantitative estimate of drug-likeness (QED) is 0.832. The summed E-state index contributed by atoms with van der Waals surface area (Å²) in [4.78, 5) is 4.70. The Morgan fingerprint density at radius 3 is 2.53 bits per heavy atom. The summed E-state index contributed by atoms with van der Waals surface area (Å²) in [6.07, 6.45) is 1.18. The Bertz CT molecular complexity index is 459. The van der Waals surface area contributed by atoms with Gasteiger partial charge in [-0.1, -0.05) is 19.1 Å². The molecule has 19 heavy (non-hydrogen) atoms. The lowest BCUT2D eigenvalue weighted by molar-refractivity contribution is 0.126. The molecule has 0 spiro atoms. The van der Waals surface area contributed by atoms with Crippen LogP contribution in [0.1, 0.15) is 24.5 Å². The summed E-state index contributed by atoms with van der Waals surface area (Å²) < 4.78 is 14.0. The van der Waals surface area contributed by atoms with Crippen molar-refractivity contribution in [3.05, 3.63) is 35.1 Å². The van der Waals surface area contributed by atoms with Crippen LogP contribution in [0.25, 0.3) is 0 Å². The summed E-state index contributed by atoms with van der Waals surface area (Å²) in [6, 6.07) is 6.95. The van der Waals surface area contributed by atoms with Gasteiger partial charge < -0.3 is 4.90 Å². The fourth-order valence-electron chi connectivity index (χ4n) is 2.52. The van der Waals surface area contributed by atoms with E-state index in [9.17, 15) is 4.39 Å². The molecule has 1 aromatic carbocycles. The first-order valence-corrected chi connectivity index (χ1v) is 6.86. The van der Waals surface area contributed by atoms with E-state index in [0.29, 0.717) is 12.1 Å². The van der Waals surface area contributed by atoms with Gasteiger partial charge in [-0.2, -0.15) is 5.26 Å². The van der Waals surface area contributed by atoms with Gasteiger partial charge in [-0.25, -0.2) is 4.39 Å². The molecule has 1 fully saturated rings. The lowest BCUT2D eigenvalue weighted by Gasteiger charge is -2.34. The second-order valence-electron chi connectivity index (χ2n) is 5.01. The maximum atomic E-state index is 14.0. The molecule has 0 atom stereocenters. The van der Waals surface area contributed by atoms with Crippen molar-refractivity contribution in [1.29, 1.82) is 5.26 Å². The number of hydrogen-bond donors (Lipinski definition) is 0. The fraction of sp³-hybridized carbons (Fsp3) is 0.533. The first-order chi connectivity index (χ1) is 9.24. The van der Waals surface area contributed by atoms with Crippen LogP contribution in [0.4, 0.5) is 4.39 Å². The zero-order valence-corrected chi connectivity index (χ0v) is 11.4. The van der Waals surface area contributed by atoms with Gasteiger partial charge in [0.05, 0.1) is 5.56 Å². The van der Waals surface area contributed by atoms with Crippen molar-refractivity contribution in [2.45, 2.75) is 19.9 Å². The Labute approximate surface area is 114 Å². The van der Waals surface area contributed by atoms with Gasteiger partial charge >= 0.3 is 0 Å². The summed E-state index contributed by atoms with van der Waals surface area (Å²) in [5, 5.41) is 8.83. The first kappa shape index (κ1) is 14.0. The number of halogens is 1. The van der Waals surface area contributed by atoms with E-state index in [1.165, 1.54) is 12.5 Å². The highest BCUT2D eigenvalue weighted by atomic mass is 19.1. The molecule has 0 aromatic heterocycles. The molecule has 1 heterocycles.